The quantitative estimate of drug-likeness (QED) is 0.567. The summed E-state index contributed by atoms with van der Waals surface area (Å²) in [7, 11) is 1.73. The second-order valence-corrected chi connectivity index (χ2v) is 9.42. The molecule has 152 valence electrons. The zero-order valence-corrected chi connectivity index (χ0v) is 18.4. The summed E-state index contributed by atoms with van der Waals surface area (Å²) in [5, 5.41) is 10.9. The zero-order valence-electron chi connectivity index (χ0n) is 16.0. The molecule has 1 heterocycles. The van der Waals surface area contributed by atoms with Gasteiger partial charge in [-0.3, -0.25) is 9.59 Å². The number of amides is 2. The van der Waals surface area contributed by atoms with Gasteiger partial charge in [0.1, 0.15) is 5.82 Å². The Morgan fingerprint density at radius 3 is 2.39 bits per heavy atom. The molecule has 10 heteroatoms. The van der Waals surface area contributed by atoms with Gasteiger partial charge in [-0.1, -0.05) is 53.9 Å². The van der Waals surface area contributed by atoms with Gasteiger partial charge in [-0.2, -0.15) is 0 Å². The van der Waals surface area contributed by atoms with Crippen molar-refractivity contribution < 1.29 is 14.0 Å². The van der Waals surface area contributed by atoms with Crippen molar-refractivity contribution in [2.75, 3.05) is 25.1 Å². The Bertz CT molecular complexity index is 785. The molecule has 0 aliphatic heterocycles. The first-order valence-electron chi connectivity index (χ1n) is 8.77. The largest absolute Gasteiger partial charge is 0.355 e. The van der Waals surface area contributed by atoms with Crippen LogP contribution in [0.2, 0.25) is 0 Å². The number of carbonyl (C=O) groups is 2. The third kappa shape index (κ3) is 7.06. The minimum atomic E-state index is -0.298. The summed E-state index contributed by atoms with van der Waals surface area (Å²) in [6.07, 6.45) is 0.901. The Hall–Kier alpha value is -1.65. The molecule has 0 aliphatic carbocycles. The van der Waals surface area contributed by atoms with Gasteiger partial charge in [0, 0.05) is 13.6 Å². The Labute approximate surface area is 176 Å². The molecular formula is C18H23FN4O2S3. The summed E-state index contributed by atoms with van der Waals surface area (Å²) in [6.45, 7) is 4.57. The maximum atomic E-state index is 13.1. The number of halogens is 1. The lowest BCUT2D eigenvalue weighted by Crippen LogP contribution is -2.31. The molecule has 0 spiro atoms. The highest BCUT2D eigenvalue weighted by Gasteiger charge is 2.18. The van der Waals surface area contributed by atoms with E-state index in [0.717, 1.165) is 12.0 Å². The molecule has 0 aliphatic rings. The lowest BCUT2D eigenvalue weighted by Gasteiger charge is -2.25. The molecule has 0 radical (unpaired) electrons. The van der Waals surface area contributed by atoms with Gasteiger partial charge < -0.3 is 10.2 Å². The summed E-state index contributed by atoms with van der Waals surface area (Å²) in [5.41, 5.74) is 0.873. The number of thioether (sulfide) groups is 2. The molecule has 1 atom stereocenters. The Morgan fingerprint density at radius 1 is 1.18 bits per heavy atom. The van der Waals surface area contributed by atoms with Crippen molar-refractivity contribution in [1.29, 1.82) is 0 Å². The van der Waals surface area contributed by atoms with Crippen molar-refractivity contribution in [2.24, 2.45) is 0 Å². The third-order valence-electron chi connectivity index (χ3n) is 3.93. The van der Waals surface area contributed by atoms with Gasteiger partial charge in [-0.25, -0.2) is 4.39 Å². The van der Waals surface area contributed by atoms with E-state index in [0.29, 0.717) is 21.0 Å². The normalized spacial score (nSPS) is 11.9. The first-order valence-corrected chi connectivity index (χ1v) is 11.6. The highest BCUT2D eigenvalue weighted by molar-refractivity contribution is 8.03. The van der Waals surface area contributed by atoms with Crippen LogP contribution in [0.15, 0.2) is 32.9 Å². The monoisotopic (exact) mass is 442 g/mol. The average molecular weight is 443 g/mol. The molecule has 1 unspecified atom stereocenters. The second-order valence-electron chi connectivity index (χ2n) is 5.99. The summed E-state index contributed by atoms with van der Waals surface area (Å²) >= 11 is 4.03. The van der Waals surface area contributed by atoms with Crippen LogP contribution in [0.3, 0.4) is 0 Å². The number of hydrogen-bond acceptors (Lipinski definition) is 7. The number of hydrogen-bond donors (Lipinski definition) is 1. The van der Waals surface area contributed by atoms with Gasteiger partial charge >= 0.3 is 0 Å². The molecule has 2 rings (SSSR count). The summed E-state index contributed by atoms with van der Waals surface area (Å²) in [4.78, 5) is 25.7. The predicted molar refractivity (Wildman–Crippen MR) is 112 cm³/mol. The van der Waals surface area contributed by atoms with E-state index in [-0.39, 0.29) is 29.4 Å². The number of carbonyl (C=O) groups excluding carboxylic acids is 2. The topological polar surface area (TPSA) is 75.2 Å². The molecule has 28 heavy (non-hydrogen) atoms. The minimum absolute atomic E-state index is 0.0252. The first kappa shape index (κ1) is 22.6. The molecular weight excluding hydrogens is 419 g/mol. The molecule has 0 bridgehead atoms. The molecule has 1 aromatic heterocycles. The summed E-state index contributed by atoms with van der Waals surface area (Å²) in [5.74, 6) is 0.162. The highest BCUT2D eigenvalue weighted by atomic mass is 32.2. The van der Waals surface area contributed by atoms with Crippen LogP contribution in [-0.2, 0) is 9.59 Å². The highest BCUT2D eigenvalue weighted by Crippen LogP contribution is 2.29. The van der Waals surface area contributed by atoms with E-state index >= 15 is 0 Å². The standard InChI is InChI=1S/C18H23FN4O2S3/c1-4-9-20-15(24)10-26-17-21-22-18(28-17)27-11-16(25)23(3)12(2)13-5-7-14(19)8-6-13/h5-8,12H,4,9-11H2,1-3H3,(H,20,24). The third-order valence-corrected chi connectivity index (χ3v) is 7.11. The number of nitrogens with one attached hydrogen (secondary N) is 1. The first-order chi connectivity index (χ1) is 13.4. The van der Waals surface area contributed by atoms with Crippen LogP contribution in [0.25, 0.3) is 0 Å². The molecule has 0 saturated carbocycles. The lowest BCUT2D eigenvalue weighted by molar-refractivity contribution is -0.129. The predicted octanol–water partition coefficient (Wildman–Crippen LogP) is 3.61. The summed E-state index contributed by atoms with van der Waals surface area (Å²) in [6, 6.07) is 5.99. The fourth-order valence-electron chi connectivity index (χ4n) is 2.16. The van der Waals surface area contributed by atoms with Crippen molar-refractivity contribution in [3.63, 3.8) is 0 Å². The fourth-order valence-corrected chi connectivity index (χ4v) is 4.94. The van der Waals surface area contributed by atoms with Gasteiger partial charge in [0.05, 0.1) is 17.5 Å². The molecule has 2 aromatic rings. The zero-order chi connectivity index (χ0) is 20.5. The summed E-state index contributed by atoms with van der Waals surface area (Å²) < 4.78 is 14.4. The number of aromatic nitrogens is 2. The van der Waals surface area contributed by atoms with Crippen molar-refractivity contribution in [3.05, 3.63) is 35.6 Å². The van der Waals surface area contributed by atoms with Crippen LogP contribution in [-0.4, -0.2) is 52.0 Å². The van der Waals surface area contributed by atoms with Crippen LogP contribution in [0.5, 0.6) is 0 Å². The van der Waals surface area contributed by atoms with Gasteiger partial charge in [0.25, 0.3) is 0 Å². The maximum Gasteiger partial charge on any atom is 0.233 e. The molecule has 0 saturated heterocycles. The SMILES string of the molecule is CCCNC(=O)CSc1nnc(SCC(=O)N(C)C(C)c2ccc(F)cc2)s1. The van der Waals surface area contributed by atoms with Crippen LogP contribution < -0.4 is 5.32 Å². The maximum absolute atomic E-state index is 13.1. The fraction of sp³-hybridized carbons (Fsp3) is 0.444. The minimum Gasteiger partial charge on any atom is -0.355 e. The molecule has 1 N–H and O–H groups in total. The Balaban J connectivity index is 1.80. The van der Waals surface area contributed by atoms with E-state index < -0.39 is 0 Å². The van der Waals surface area contributed by atoms with Gasteiger partial charge in [0.2, 0.25) is 11.8 Å². The molecule has 6 nitrogen and oxygen atoms in total. The smallest absolute Gasteiger partial charge is 0.233 e. The van der Waals surface area contributed by atoms with E-state index in [1.807, 2.05) is 13.8 Å². The van der Waals surface area contributed by atoms with E-state index in [1.165, 1.54) is 47.0 Å². The van der Waals surface area contributed by atoms with Gasteiger partial charge in [-0.05, 0) is 31.0 Å². The number of benzene rings is 1. The van der Waals surface area contributed by atoms with E-state index in [1.54, 1.807) is 24.1 Å². The Morgan fingerprint density at radius 2 is 1.79 bits per heavy atom. The molecule has 1 aromatic carbocycles. The number of rotatable bonds is 10. The average Bonchev–Trinajstić information content (AvgIpc) is 3.16. The van der Waals surface area contributed by atoms with Crippen LogP contribution in [0, 0.1) is 5.82 Å². The van der Waals surface area contributed by atoms with Crippen molar-refractivity contribution in [1.82, 2.24) is 20.4 Å². The second kappa shape index (κ2) is 11.4. The number of nitrogens with zero attached hydrogens (tertiary/aromatic N) is 3. The van der Waals surface area contributed by atoms with Gasteiger partial charge in [0.15, 0.2) is 8.68 Å². The lowest BCUT2D eigenvalue weighted by atomic mass is 10.1. The van der Waals surface area contributed by atoms with Crippen molar-refractivity contribution in [2.45, 2.75) is 35.0 Å². The van der Waals surface area contributed by atoms with E-state index in [9.17, 15) is 14.0 Å². The van der Waals surface area contributed by atoms with Crippen LogP contribution >= 0.6 is 34.9 Å². The van der Waals surface area contributed by atoms with E-state index in [4.69, 9.17) is 0 Å². The molecule has 2 amide bonds. The van der Waals surface area contributed by atoms with Crippen LogP contribution in [0.4, 0.5) is 4.39 Å². The Kier molecular flexibility index (Phi) is 9.20. The van der Waals surface area contributed by atoms with Crippen molar-refractivity contribution in [3.8, 4) is 0 Å². The van der Waals surface area contributed by atoms with E-state index in [2.05, 4.69) is 15.5 Å². The molecule has 0 fully saturated rings. The van der Waals surface area contributed by atoms with Gasteiger partial charge in [-0.15, -0.1) is 10.2 Å². The van der Waals surface area contributed by atoms with Crippen molar-refractivity contribution >= 4 is 46.7 Å². The van der Waals surface area contributed by atoms with Crippen LogP contribution in [0.1, 0.15) is 31.9 Å².